The monoisotopic (exact) mass is 280 g/mol. The zero-order valence-corrected chi connectivity index (χ0v) is 11.1. The van der Waals surface area contributed by atoms with Gasteiger partial charge in [-0.2, -0.15) is 0 Å². The molecule has 1 unspecified atom stereocenters. The van der Waals surface area contributed by atoms with Crippen molar-refractivity contribution in [2.45, 2.75) is 19.4 Å². The lowest BCUT2D eigenvalue weighted by Gasteiger charge is -2.10. The molecular weight excluding hydrogens is 267 g/mol. The van der Waals surface area contributed by atoms with Crippen LogP contribution in [0.5, 0.6) is 0 Å². The topological polar surface area (TPSA) is 62.2 Å². The maximum absolute atomic E-state index is 13.0. The van der Waals surface area contributed by atoms with Crippen molar-refractivity contribution >= 4 is 22.4 Å². The Bertz CT molecular complexity index is 586. The number of aryl methyl sites for hydroxylation is 1. The number of halogens is 1. The Morgan fingerprint density at radius 3 is 3.00 bits per heavy atom. The predicted octanol–water partition coefficient (Wildman–Crippen LogP) is 2.65. The molecule has 6 heteroatoms. The minimum Gasteiger partial charge on any atom is -0.388 e. The van der Waals surface area contributed by atoms with Gasteiger partial charge in [-0.15, -0.1) is 11.3 Å². The number of benzene rings is 1. The third-order valence-electron chi connectivity index (χ3n) is 2.48. The zero-order chi connectivity index (χ0) is 13.8. The molecule has 0 aliphatic rings. The molecule has 19 heavy (non-hydrogen) atoms. The fourth-order valence-corrected chi connectivity index (χ4v) is 2.27. The number of nitrogens with one attached hydrogen (secondary N) is 1. The lowest BCUT2D eigenvalue weighted by Crippen LogP contribution is -2.15. The van der Waals surface area contributed by atoms with Crippen LogP contribution in [-0.2, 0) is 4.79 Å². The van der Waals surface area contributed by atoms with Crippen LogP contribution in [0.15, 0.2) is 30.5 Å². The van der Waals surface area contributed by atoms with E-state index in [1.54, 1.807) is 12.3 Å². The van der Waals surface area contributed by atoms with Crippen LogP contribution in [0.3, 0.4) is 0 Å². The van der Waals surface area contributed by atoms with Gasteiger partial charge in [0.2, 0.25) is 5.91 Å². The van der Waals surface area contributed by atoms with Gasteiger partial charge in [-0.1, -0.05) is 12.1 Å². The van der Waals surface area contributed by atoms with E-state index < -0.39 is 11.9 Å². The van der Waals surface area contributed by atoms with Crippen LogP contribution in [0.2, 0.25) is 0 Å². The van der Waals surface area contributed by atoms with E-state index in [-0.39, 0.29) is 12.3 Å². The van der Waals surface area contributed by atoms with Crippen molar-refractivity contribution in [3.8, 4) is 0 Å². The number of amides is 1. The molecule has 4 nitrogen and oxygen atoms in total. The van der Waals surface area contributed by atoms with Crippen LogP contribution in [0.25, 0.3) is 0 Å². The average molecular weight is 280 g/mol. The van der Waals surface area contributed by atoms with Gasteiger partial charge >= 0.3 is 0 Å². The van der Waals surface area contributed by atoms with E-state index in [2.05, 4.69) is 10.3 Å². The Morgan fingerprint density at radius 1 is 1.58 bits per heavy atom. The number of carbonyl (C=O) groups is 1. The molecule has 1 atom stereocenters. The van der Waals surface area contributed by atoms with Crippen molar-refractivity contribution in [3.63, 3.8) is 0 Å². The van der Waals surface area contributed by atoms with Gasteiger partial charge in [-0.3, -0.25) is 4.79 Å². The number of rotatable bonds is 4. The van der Waals surface area contributed by atoms with Gasteiger partial charge in [-0.25, -0.2) is 9.37 Å². The number of hydrogen-bond donors (Lipinski definition) is 2. The van der Waals surface area contributed by atoms with Crippen LogP contribution < -0.4 is 5.32 Å². The molecule has 1 heterocycles. The smallest absolute Gasteiger partial charge is 0.229 e. The van der Waals surface area contributed by atoms with Gasteiger partial charge in [0.1, 0.15) is 5.82 Å². The first-order valence-corrected chi connectivity index (χ1v) is 6.52. The van der Waals surface area contributed by atoms with Crippen molar-refractivity contribution in [2.24, 2.45) is 0 Å². The summed E-state index contributed by atoms with van der Waals surface area (Å²) in [7, 11) is 0. The van der Waals surface area contributed by atoms with E-state index in [1.165, 1.54) is 29.5 Å². The number of aromatic nitrogens is 1. The highest BCUT2D eigenvalue weighted by Crippen LogP contribution is 2.20. The van der Waals surface area contributed by atoms with Gasteiger partial charge in [-0.05, 0) is 24.6 Å². The molecule has 1 amide bonds. The molecule has 2 rings (SSSR count). The minimum absolute atomic E-state index is 0.137. The van der Waals surface area contributed by atoms with E-state index in [0.717, 1.165) is 4.88 Å². The molecular formula is C13H13FN2O2S. The van der Waals surface area contributed by atoms with Crippen molar-refractivity contribution in [1.82, 2.24) is 4.98 Å². The second-order valence-corrected chi connectivity index (χ2v) is 5.33. The molecule has 2 aromatic rings. The first kappa shape index (κ1) is 13.6. The lowest BCUT2D eigenvalue weighted by atomic mass is 10.1. The van der Waals surface area contributed by atoms with E-state index in [4.69, 9.17) is 0 Å². The molecule has 100 valence electrons. The molecule has 0 aliphatic heterocycles. The van der Waals surface area contributed by atoms with Gasteiger partial charge < -0.3 is 10.4 Å². The fourth-order valence-electron chi connectivity index (χ4n) is 1.59. The van der Waals surface area contributed by atoms with Crippen LogP contribution in [0, 0.1) is 12.7 Å². The summed E-state index contributed by atoms with van der Waals surface area (Å²) in [6.07, 6.45) is 0.488. The van der Waals surface area contributed by atoms with E-state index >= 15 is 0 Å². The molecule has 0 bridgehead atoms. The molecule has 0 fully saturated rings. The summed E-state index contributed by atoms with van der Waals surface area (Å²) in [5, 5.41) is 12.9. The summed E-state index contributed by atoms with van der Waals surface area (Å²) in [6, 6.07) is 5.57. The highest BCUT2D eigenvalue weighted by Gasteiger charge is 2.14. The molecule has 0 radical (unpaired) electrons. The molecule has 0 saturated heterocycles. The summed E-state index contributed by atoms with van der Waals surface area (Å²) >= 11 is 1.36. The number of aliphatic hydroxyl groups excluding tert-OH is 1. The quantitative estimate of drug-likeness (QED) is 0.905. The van der Waals surface area contributed by atoms with E-state index in [0.29, 0.717) is 10.7 Å². The van der Waals surface area contributed by atoms with E-state index in [9.17, 15) is 14.3 Å². The Hall–Kier alpha value is -1.79. The summed E-state index contributed by atoms with van der Waals surface area (Å²) < 4.78 is 13.0. The van der Waals surface area contributed by atoms with Crippen molar-refractivity contribution < 1.29 is 14.3 Å². The largest absolute Gasteiger partial charge is 0.388 e. The summed E-state index contributed by atoms with van der Waals surface area (Å²) in [5.41, 5.74) is 0.380. The maximum Gasteiger partial charge on any atom is 0.229 e. The molecule has 0 saturated carbocycles. The molecule has 0 spiro atoms. The highest BCUT2D eigenvalue weighted by atomic mass is 32.1. The second kappa shape index (κ2) is 5.90. The van der Waals surface area contributed by atoms with Gasteiger partial charge in [0.05, 0.1) is 12.5 Å². The Morgan fingerprint density at radius 2 is 2.37 bits per heavy atom. The second-order valence-electron chi connectivity index (χ2n) is 4.10. The van der Waals surface area contributed by atoms with Crippen molar-refractivity contribution in [3.05, 3.63) is 46.7 Å². The molecule has 1 aromatic heterocycles. The van der Waals surface area contributed by atoms with Gasteiger partial charge in [0.15, 0.2) is 5.13 Å². The summed E-state index contributed by atoms with van der Waals surface area (Å²) in [6.45, 7) is 1.88. The van der Waals surface area contributed by atoms with Gasteiger partial charge in [0, 0.05) is 11.1 Å². The zero-order valence-electron chi connectivity index (χ0n) is 10.3. The number of hydrogen-bond acceptors (Lipinski definition) is 4. The number of carbonyl (C=O) groups excluding carboxylic acids is 1. The van der Waals surface area contributed by atoms with Crippen molar-refractivity contribution in [1.29, 1.82) is 0 Å². The third kappa shape index (κ3) is 3.84. The standard InChI is InChI=1S/C13H13FN2O2S/c1-8-7-15-13(19-8)16-12(18)6-11(17)9-3-2-4-10(14)5-9/h2-5,7,11,17H,6H2,1H3,(H,15,16,18). The van der Waals surface area contributed by atoms with Crippen LogP contribution in [0.1, 0.15) is 23.0 Å². The molecule has 0 aliphatic carbocycles. The first-order chi connectivity index (χ1) is 9.04. The predicted molar refractivity (Wildman–Crippen MR) is 71.5 cm³/mol. The average Bonchev–Trinajstić information content (AvgIpc) is 2.74. The maximum atomic E-state index is 13.0. The van der Waals surface area contributed by atoms with Crippen molar-refractivity contribution in [2.75, 3.05) is 5.32 Å². The number of anilines is 1. The Labute approximate surface area is 113 Å². The Kier molecular flexibility index (Phi) is 4.24. The molecule has 2 N–H and O–H groups in total. The van der Waals surface area contributed by atoms with Crippen LogP contribution in [0.4, 0.5) is 9.52 Å². The van der Waals surface area contributed by atoms with Crippen LogP contribution >= 0.6 is 11.3 Å². The lowest BCUT2D eigenvalue weighted by molar-refractivity contribution is -0.118. The number of aliphatic hydroxyl groups is 1. The minimum atomic E-state index is -1.03. The summed E-state index contributed by atoms with van der Waals surface area (Å²) in [4.78, 5) is 16.7. The first-order valence-electron chi connectivity index (χ1n) is 5.70. The SMILES string of the molecule is Cc1cnc(NC(=O)CC(O)c2cccc(F)c2)s1. The number of thiazole rings is 1. The Balaban J connectivity index is 1.95. The van der Waals surface area contributed by atoms with Crippen LogP contribution in [-0.4, -0.2) is 16.0 Å². The molecule has 1 aromatic carbocycles. The highest BCUT2D eigenvalue weighted by molar-refractivity contribution is 7.15. The number of nitrogens with zero attached hydrogens (tertiary/aromatic N) is 1. The third-order valence-corrected chi connectivity index (χ3v) is 3.31. The fraction of sp³-hybridized carbons (Fsp3) is 0.231. The summed E-state index contributed by atoms with van der Waals surface area (Å²) in [5.74, 6) is -0.793. The van der Waals surface area contributed by atoms with E-state index in [1.807, 2.05) is 6.92 Å². The normalized spacial score (nSPS) is 12.2. The van der Waals surface area contributed by atoms with Gasteiger partial charge in [0.25, 0.3) is 0 Å².